The third-order valence-electron chi connectivity index (χ3n) is 2.59. The lowest BCUT2D eigenvalue weighted by atomic mass is 10.1. The van der Waals surface area contributed by atoms with Crippen LogP contribution in [0.25, 0.3) is 10.4 Å². The monoisotopic (exact) mass is 198 g/mol. The van der Waals surface area contributed by atoms with E-state index in [-0.39, 0.29) is 0 Å². The molecule has 1 rings (SSSR count). The van der Waals surface area contributed by atoms with E-state index in [0.717, 1.165) is 26.1 Å². The van der Waals surface area contributed by atoms with Gasteiger partial charge in [-0.2, -0.15) is 0 Å². The molecule has 0 radical (unpaired) electrons. The molecule has 0 aromatic heterocycles. The number of hydrogen-bond acceptors (Lipinski definition) is 3. The minimum atomic E-state index is 0.392. The molecule has 0 spiro atoms. The Labute approximate surface area is 84.7 Å². The van der Waals surface area contributed by atoms with E-state index in [1.54, 1.807) is 7.11 Å². The highest BCUT2D eigenvalue weighted by atomic mass is 16.5. The van der Waals surface area contributed by atoms with Crippen LogP contribution in [-0.2, 0) is 4.74 Å². The summed E-state index contributed by atoms with van der Waals surface area (Å²) in [6.45, 7) is 3.78. The van der Waals surface area contributed by atoms with Crippen LogP contribution in [0.3, 0.4) is 0 Å². The van der Waals surface area contributed by atoms with Gasteiger partial charge in [0.05, 0.1) is 6.10 Å². The first-order valence-corrected chi connectivity index (χ1v) is 5.13. The van der Waals surface area contributed by atoms with Gasteiger partial charge in [0.15, 0.2) is 0 Å². The van der Waals surface area contributed by atoms with Gasteiger partial charge in [-0.25, -0.2) is 0 Å². The Morgan fingerprint density at radius 2 is 2.50 bits per heavy atom. The quantitative estimate of drug-likeness (QED) is 0.292. The van der Waals surface area contributed by atoms with Crippen LogP contribution in [0.1, 0.15) is 19.3 Å². The lowest BCUT2D eigenvalue weighted by molar-refractivity contribution is 0.0313. The van der Waals surface area contributed by atoms with E-state index < -0.39 is 0 Å². The maximum absolute atomic E-state index is 8.11. The number of hydrogen-bond donors (Lipinski definition) is 0. The molecule has 1 saturated heterocycles. The molecule has 0 aromatic carbocycles. The Morgan fingerprint density at radius 1 is 1.64 bits per heavy atom. The maximum atomic E-state index is 8.11. The van der Waals surface area contributed by atoms with Crippen molar-refractivity contribution in [2.24, 2.45) is 5.11 Å². The highest BCUT2D eigenvalue weighted by Gasteiger charge is 2.18. The van der Waals surface area contributed by atoms with Crippen molar-refractivity contribution in [3.8, 4) is 0 Å². The van der Waals surface area contributed by atoms with Gasteiger partial charge in [-0.1, -0.05) is 5.11 Å². The fraction of sp³-hybridized carbons (Fsp3) is 1.00. The SMILES string of the molecule is COC1CCCN(CCCN=[N+]=[N-])C1. The first-order chi connectivity index (χ1) is 6.86. The van der Waals surface area contributed by atoms with Gasteiger partial charge in [0.2, 0.25) is 0 Å². The predicted octanol–water partition coefficient (Wildman–Crippen LogP) is 1.80. The summed E-state index contributed by atoms with van der Waals surface area (Å²) in [5.74, 6) is 0. The Kier molecular flexibility index (Phi) is 5.37. The molecule has 14 heavy (non-hydrogen) atoms. The third kappa shape index (κ3) is 3.96. The first kappa shape index (κ1) is 11.3. The summed E-state index contributed by atoms with van der Waals surface area (Å²) in [4.78, 5) is 5.11. The summed E-state index contributed by atoms with van der Waals surface area (Å²) in [7, 11) is 1.77. The van der Waals surface area contributed by atoms with Crippen LogP contribution in [0.4, 0.5) is 0 Å². The fourth-order valence-corrected chi connectivity index (χ4v) is 1.82. The lowest BCUT2D eigenvalue weighted by Crippen LogP contribution is -2.39. The molecule has 1 fully saturated rings. The second-order valence-corrected chi connectivity index (χ2v) is 3.61. The van der Waals surface area contributed by atoms with Crippen molar-refractivity contribution in [1.29, 1.82) is 0 Å². The summed E-state index contributed by atoms with van der Waals surface area (Å²) in [6.07, 6.45) is 3.72. The van der Waals surface area contributed by atoms with Crippen LogP contribution in [-0.4, -0.2) is 44.3 Å². The van der Waals surface area contributed by atoms with E-state index in [4.69, 9.17) is 10.3 Å². The number of piperidine rings is 1. The van der Waals surface area contributed by atoms with E-state index in [1.165, 1.54) is 12.8 Å². The molecule has 0 amide bonds. The van der Waals surface area contributed by atoms with Gasteiger partial charge in [-0.3, -0.25) is 0 Å². The molecule has 1 aliphatic rings. The molecule has 5 nitrogen and oxygen atoms in total. The zero-order chi connectivity index (χ0) is 10.2. The van der Waals surface area contributed by atoms with Gasteiger partial charge in [0.1, 0.15) is 0 Å². The van der Waals surface area contributed by atoms with Crippen LogP contribution in [0.2, 0.25) is 0 Å². The minimum Gasteiger partial charge on any atom is -0.380 e. The number of nitrogens with zero attached hydrogens (tertiary/aromatic N) is 4. The second kappa shape index (κ2) is 6.65. The van der Waals surface area contributed by atoms with Gasteiger partial charge in [-0.15, -0.1) is 0 Å². The maximum Gasteiger partial charge on any atom is 0.0698 e. The van der Waals surface area contributed by atoms with Crippen molar-refractivity contribution in [3.05, 3.63) is 10.4 Å². The van der Waals surface area contributed by atoms with Crippen molar-refractivity contribution in [3.63, 3.8) is 0 Å². The Morgan fingerprint density at radius 3 is 3.21 bits per heavy atom. The summed E-state index contributed by atoms with van der Waals surface area (Å²) < 4.78 is 5.33. The topological polar surface area (TPSA) is 61.2 Å². The van der Waals surface area contributed by atoms with Gasteiger partial charge >= 0.3 is 0 Å². The molecule has 1 unspecified atom stereocenters. The Bertz CT molecular complexity index is 203. The molecule has 1 aliphatic heterocycles. The number of methoxy groups -OCH3 is 1. The molecular formula is C9H18N4O. The molecule has 80 valence electrons. The van der Waals surface area contributed by atoms with E-state index in [0.29, 0.717) is 12.6 Å². The second-order valence-electron chi connectivity index (χ2n) is 3.61. The zero-order valence-corrected chi connectivity index (χ0v) is 8.72. The standard InChI is InChI=1S/C9H18N4O/c1-14-9-4-2-6-13(8-9)7-3-5-11-12-10/h9H,2-8H2,1H3. The molecule has 0 saturated carbocycles. The number of ether oxygens (including phenoxy) is 1. The molecule has 0 aliphatic carbocycles. The Hall–Kier alpha value is -0.770. The molecular weight excluding hydrogens is 180 g/mol. The number of rotatable bonds is 5. The van der Waals surface area contributed by atoms with Gasteiger partial charge in [0, 0.05) is 25.1 Å². The van der Waals surface area contributed by atoms with Crippen molar-refractivity contribution >= 4 is 0 Å². The average Bonchev–Trinajstić information content (AvgIpc) is 2.25. The molecule has 0 bridgehead atoms. The van der Waals surface area contributed by atoms with Gasteiger partial charge in [-0.05, 0) is 37.9 Å². The highest BCUT2D eigenvalue weighted by molar-refractivity contribution is 4.72. The van der Waals surface area contributed by atoms with Crippen molar-refractivity contribution in [1.82, 2.24) is 4.90 Å². The van der Waals surface area contributed by atoms with Crippen LogP contribution < -0.4 is 0 Å². The number of azide groups is 1. The van der Waals surface area contributed by atoms with E-state index in [2.05, 4.69) is 14.9 Å². The zero-order valence-electron chi connectivity index (χ0n) is 8.72. The third-order valence-corrected chi connectivity index (χ3v) is 2.59. The molecule has 1 heterocycles. The molecule has 0 aromatic rings. The summed E-state index contributed by atoms with van der Waals surface area (Å²) in [5, 5.41) is 3.52. The summed E-state index contributed by atoms with van der Waals surface area (Å²) >= 11 is 0. The Balaban J connectivity index is 2.14. The van der Waals surface area contributed by atoms with Gasteiger partial charge < -0.3 is 9.64 Å². The van der Waals surface area contributed by atoms with E-state index in [1.807, 2.05) is 0 Å². The largest absolute Gasteiger partial charge is 0.380 e. The molecule has 5 heteroatoms. The van der Waals surface area contributed by atoms with Crippen LogP contribution in [0.5, 0.6) is 0 Å². The number of likely N-dealkylation sites (tertiary alicyclic amines) is 1. The van der Waals surface area contributed by atoms with Crippen molar-refractivity contribution < 1.29 is 4.74 Å². The van der Waals surface area contributed by atoms with Crippen molar-refractivity contribution in [2.75, 3.05) is 33.3 Å². The predicted molar refractivity (Wildman–Crippen MR) is 55.1 cm³/mol. The van der Waals surface area contributed by atoms with Crippen molar-refractivity contribution in [2.45, 2.75) is 25.4 Å². The van der Waals surface area contributed by atoms with Crippen LogP contribution in [0.15, 0.2) is 5.11 Å². The van der Waals surface area contributed by atoms with E-state index >= 15 is 0 Å². The fourth-order valence-electron chi connectivity index (χ4n) is 1.82. The minimum absolute atomic E-state index is 0.392. The van der Waals surface area contributed by atoms with Gasteiger partial charge in [0.25, 0.3) is 0 Å². The molecule has 0 N–H and O–H groups in total. The highest BCUT2D eigenvalue weighted by Crippen LogP contribution is 2.12. The normalized spacial score (nSPS) is 23.1. The van der Waals surface area contributed by atoms with Crippen LogP contribution in [0, 0.1) is 0 Å². The average molecular weight is 198 g/mol. The summed E-state index contributed by atoms with van der Waals surface area (Å²) in [6, 6.07) is 0. The van der Waals surface area contributed by atoms with Crippen LogP contribution >= 0.6 is 0 Å². The summed E-state index contributed by atoms with van der Waals surface area (Å²) in [5.41, 5.74) is 8.11. The molecule has 1 atom stereocenters. The lowest BCUT2D eigenvalue weighted by Gasteiger charge is -2.31. The van der Waals surface area contributed by atoms with E-state index in [9.17, 15) is 0 Å². The smallest absolute Gasteiger partial charge is 0.0698 e. The first-order valence-electron chi connectivity index (χ1n) is 5.13.